The Balaban J connectivity index is 2.12. The van der Waals surface area contributed by atoms with Gasteiger partial charge >= 0.3 is 0 Å². The number of rotatable bonds is 2. The lowest BCUT2D eigenvalue weighted by Gasteiger charge is -2.26. The Bertz CT molecular complexity index is 375. The van der Waals surface area contributed by atoms with E-state index in [1.54, 1.807) is 0 Å². The lowest BCUT2D eigenvalue weighted by molar-refractivity contribution is 0.0907. The molecule has 0 saturated heterocycles. The maximum absolute atomic E-state index is 10.7. The van der Waals surface area contributed by atoms with E-state index in [1.807, 2.05) is 0 Å². The van der Waals surface area contributed by atoms with E-state index in [2.05, 4.69) is 32.0 Å². The van der Waals surface area contributed by atoms with Gasteiger partial charge in [0.1, 0.15) is 0 Å². The topological polar surface area (TPSA) is 20.2 Å². The summed E-state index contributed by atoms with van der Waals surface area (Å²) in [5.74, 6) is 0.464. The van der Waals surface area contributed by atoms with Crippen LogP contribution < -0.4 is 0 Å². The van der Waals surface area contributed by atoms with Crippen molar-refractivity contribution >= 4 is 0 Å². The summed E-state index contributed by atoms with van der Waals surface area (Å²) < 4.78 is 0. The molecule has 0 amide bonds. The molecule has 0 aromatic heterocycles. The van der Waals surface area contributed by atoms with Crippen LogP contribution in [-0.4, -0.2) is 5.11 Å². The van der Waals surface area contributed by atoms with E-state index in [-0.39, 0.29) is 6.10 Å². The molecular formula is C17H26O. The molecule has 1 aliphatic rings. The molecule has 1 aliphatic carbocycles. The quantitative estimate of drug-likeness (QED) is 0.802. The molecule has 1 aromatic rings. The molecule has 0 aliphatic heterocycles. The molecule has 100 valence electrons. The summed E-state index contributed by atoms with van der Waals surface area (Å²) in [5.41, 5.74) is 3.64. The largest absolute Gasteiger partial charge is 0.388 e. The lowest BCUT2D eigenvalue weighted by atomic mass is 9.83. The average molecular weight is 246 g/mol. The van der Waals surface area contributed by atoms with E-state index in [4.69, 9.17) is 0 Å². The Morgan fingerprint density at radius 3 is 2.28 bits per heavy atom. The normalized spacial score (nSPS) is 20.2. The first-order valence-electron chi connectivity index (χ1n) is 7.43. The summed E-state index contributed by atoms with van der Waals surface area (Å²) >= 11 is 0. The second-order valence-corrected chi connectivity index (χ2v) is 5.91. The van der Waals surface area contributed by atoms with Crippen LogP contribution in [0.5, 0.6) is 0 Å². The highest BCUT2D eigenvalue weighted by Crippen LogP contribution is 2.34. The average Bonchev–Trinajstić information content (AvgIpc) is 2.31. The number of hydrogen-bond acceptors (Lipinski definition) is 1. The first kappa shape index (κ1) is 13.6. The van der Waals surface area contributed by atoms with Gasteiger partial charge in [-0.1, -0.05) is 55.9 Å². The monoisotopic (exact) mass is 246 g/mol. The second kappa shape index (κ2) is 6.38. The van der Waals surface area contributed by atoms with Gasteiger partial charge in [0, 0.05) is 0 Å². The molecule has 1 saturated carbocycles. The third-order valence-corrected chi connectivity index (χ3v) is 4.35. The Morgan fingerprint density at radius 1 is 1.00 bits per heavy atom. The van der Waals surface area contributed by atoms with Gasteiger partial charge in [-0.3, -0.25) is 0 Å². The number of aliphatic hydroxyl groups excluding tert-OH is 1. The highest BCUT2D eigenvalue weighted by atomic mass is 16.3. The third-order valence-electron chi connectivity index (χ3n) is 4.35. The van der Waals surface area contributed by atoms with Gasteiger partial charge in [0.25, 0.3) is 0 Å². The molecule has 1 heteroatoms. The van der Waals surface area contributed by atoms with Crippen LogP contribution in [0.4, 0.5) is 0 Å². The van der Waals surface area contributed by atoms with Crippen molar-refractivity contribution in [2.75, 3.05) is 0 Å². The summed E-state index contributed by atoms with van der Waals surface area (Å²) in [6, 6.07) is 6.43. The molecule has 1 fully saturated rings. The minimum Gasteiger partial charge on any atom is -0.388 e. The molecule has 1 nitrogen and oxygen atoms in total. The minimum atomic E-state index is -0.261. The summed E-state index contributed by atoms with van der Waals surface area (Å²) in [6.07, 6.45) is 8.75. The predicted molar refractivity (Wildman–Crippen MR) is 76.7 cm³/mol. The zero-order valence-corrected chi connectivity index (χ0v) is 11.8. The van der Waals surface area contributed by atoms with Crippen LogP contribution in [0.3, 0.4) is 0 Å². The van der Waals surface area contributed by atoms with E-state index in [0.717, 1.165) is 5.56 Å². The van der Waals surface area contributed by atoms with Crippen LogP contribution in [0.25, 0.3) is 0 Å². The summed E-state index contributed by atoms with van der Waals surface area (Å²) in [7, 11) is 0. The third kappa shape index (κ3) is 3.35. The Labute approximate surface area is 111 Å². The molecular weight excluding hydrogens is 220 g/mol. The molecule has 0 heterocycles. The second-order valence-electron chi connectivity index (χ2n) is 5.91. The van der Waals surface area contributed by atoms with Crippen molar-refractivity contribution in [1.82, 2.24) is 0 Å². The fraction of sp³-hybridized carbons (Fsp3) is 0.647. The van der Waals surface area contributed by atoms with Crippen molar-refractivity contribution < 1.29 is 5.11 Å². The van der Waals surface area contributed by atoms with Crippen molar-refractivity contribution in [1.29, 1.82) is 0 Å². The van der Waals surface area contributed by atoms with Gasteiger partial charge in [-0.25, -0.2) is 0 Å². The molecule has 2 rings (SSSR count). The van der Waals surface area contributed by atoms with Gasteiger partial charge in [-0.05, 0) is 43.7 Å². The highest BCUT2D eigenvalue weighted by Gasteiger charge is 2.22. The van der Waals surface area contributed by atoms with E-state index in [0.29, 0.717) is 5.92 Å². The molecule has 1 N–H and O–H groups in total. The Morgan fingerprint density at radius 2 is 1.61 bits per heavy atom. The molecule has 0 spiro atoms. The van der Waals surface area contributed by atoms with Gasteiger partial charge in [0.15, 0.2) is 0 Å². The van der Waals surface area contributed by atoms with Crippen LogP contribution in [0.15, 0.2) is 18.2 Å². The molecule has 1 aromatic carbocycles. The van der Waals surface area contributed by atoms with Crippen molar-refractivity contribution in [2.24, 2.45) is 5.92 Å². The van der Waals surface area contributed by atoms with Crippen molar-refractivity contribution in [3.63, 3.8) is 0 Å². The lowest BCUT2D eigenvalue weighted by Crippen LogP contribution is -2.15. The van der Waals surface area contributed by atoms with Crippen LogP contribution in [0.2, 0.25) is 0 Å². The minimum absolute atomic E-state index is 0.261. The van der Waals surface area contributed by atoms with Gasteiger partial charge in [-0.2, -0.15) is 0 Å². The van der Waals surface area contributed by atoms with Crippen molar-refractivity contribution in [3.8, 4) is 0 Å². The van der Waals surface area contributed by atoms with Crippen LogP contribution in [-0.2, 0) is 0 Å². The van der Waals surface area contributed by atoms with Crippen LogP contribution in [0.1, 0.15) is 67.7 Å². The maximum Gasteiger partial charge on any atom is 0.0820 e. The molecule has 1 atom stereocenters. The number of aryl methyl sites for hydroxylation is 2. The highest BCUT2D eigenvalue weighted by molar-refractivity contribution is 5.32. The maximum atomic E-state index is 10.7. The SMILES string of the molecule is Cc1ccc(C)c(C(O)C2CCCCCCC2)c1. The molecule has 0 bridgehead atoms. The number of aliphatic hydroxyl groups is 1. The van der Waals surface area contributed by atoms with Crippen molar-refractivity contribution in [3.05, 3.63) is 34.9 Å². The molecule has 0 radical (unpaired) electrons. The summed E-state index contributed by atoms with van der Waals surface area (Å²) in [4.78, 5) is 0. The smallest absolute Gasteiger partial charge is 0.0820 e. The van der Waals surface area contributed by atoms with E-state index < -0.39 is 0 Å². The van der Waals surface area contributed by atoms with E-state index in [9.17, 15) is 5.11 Å². The summed E-state index contributed by atoms with van der Waals surface area (Å²) in [5, 5.41) is 10.7. The fourth-order valence-corrected chi connectivity index (χ4v) is 3.14. The van der Waals surface area contributed by atoms with Gasteiger partial charge in [0.05, 0.1) is 6.10 Å². The first-order chi connectivity index (χ1) is 8.68. The van der Waals surface area contributed by atoms with Crippen molar-refractivity contribution in [2.45, 2.75) is 64.9 Å². The molecule has 1 unspecified atom stereocenters. The van der Waals surface area contributed by atoms with E-state index in [1.165, 1.54) is 56.1 Å². The van der Waals surface area contributed by atoms with Gasteiger partial charge < -0.3 is 5.11 Å². The zero-order chi connectivity index (χ0) is 13.0. The zero-order valence-electron chi connectivity index (χ0n) is 11.8. The number of benzene rings is 1. The standard InChI is InChI=1S/C17H26O/c1-13-10-11-14(2)16(12-13)17(18)15-8-6-4-3-5-7-9-15/h10-12,15,17-18H,3-9H2,1-2H3. The Hall–Kier alpha value is -0.820. The fourth-order valence-electron chi connectivity index (χ4n) is 3.14. The van der Waals surface area contributed by atoms with Crippen LogP contribution in [0, 0.1) is 19.8 Å². The van der Waals surface area contributed by atoms with Crippen LogP contribution >= 0.6 is 0 Å². The van der Waals surface area contributed by atoms with Gasteiger partial charge in [0.2, 0.25) is 0 Å². The summed E-state index contributed by atoms with van der Waals surface area (Å²) in [6.45, 7) is 4.22. The number of hydrogen-bond donors (Lipinski definition) is 1. The molecule has 18 heavy (non-hydrogen) atoms. The Kier molecular flexibility index (Phi) is 4.82. The predicted octanol–water partition coefficient (Wildman–Crippen LogP) is 4.70. The van der Waals surface area contributed by atoms with Gasteiger partial charge in [-0.15, -0.1) is 0 Å². The van der Waals surface area contributed by atoms with E-state index >= 15 is 0 Å². The first-order valence-corrected chi connectivity index (χ1v) is 7.43.